The summed E-state index contributed by atoms with van der Waals surface area (Å²) in [5.41, 5.74) is 3.26. The van der Waals surface area contributed by atoms with Crippen molar-refractivity contribution in [2.24, 2.45) is 0 Å². The van der Waals surface area contributed by atoms with Crippen molar-refractivity contribution < 1.29 is 4.79 Å². The second kappa shape index (κ2) is 7.90. The van der Waals surface area contributed by atoms with Crippen molar-refractivity contribution >= 4 is 23.2 Å². The van der Waals surface area contributed by atoms with E-state index in [1.54, 1.807) is 30.3 Å². The molecule has 1 aromatic heterocycles. The smallest absolute Gasteiger partial charge is 0.229 e. The molecule has 1 amide bonds. The summed E-state index contributed by atoms with van der Waals surface area (Å²) in [6.45, 7) is 2.00. The van der Waals surface area contributed by atoms with Crippen molar-refractivity contribution in [3.63, 3.8) is 0 Å². The summed E-state index contributed by atoms with van der Waals surface area (Å²) in [5.74, 6) is 0.712. The minimum Gasteiger partial charge on any atom is -0.338 e. The molecule has 0 fully saturated rings. The van der Waals surface area contributed by atoms with Gasteiger partial charge in [0.2, 0.25) is 5.91 Å². The van der Waals surface area contributed by atoms with Gasteiger partial charge in [-0.2, -0.15) is 5.26 Å². The van der Waals surface area contributed by atoms with Gasteiger partial charge in [-0.3, -0.25) is 4.79 Å². The lowest BCUT2D eigenvalue weighted by atomic mass is 10.1. The van der Waals surface area contributed by atoms with Crippen LogP contribution in [-0.2, 0) is 11.2 Å². The zero-order chi connectivity index (χ0) is 18.4. The van der Waals surface area contributed by atoms with Crippen molar-refractivity contribution in [3.8, 4) is 6.07 Å². The van der Waals surface area contributed by atoms with E-state index in [2.05, 4.69) is 26.9 Å². The van der Waals surface area contributed by atoms with Crippen LogP contribution in [0.25, 0.3) is 0 Å². The van der Waals surface area contributed by atoms with Crippen molar-refractivity contribution in [2.45, 2.75) is 13.3 Å². The lowest BCUT2D eigenvalue weighted by Crippen LogP contribution is -2.15. The maximum Gasteiger partial charge on any atom is 0.229 e. The molecule has 1 heterocycles. The number of benzene rings is 2. The van der Waals surface area contributed by atoms with Crippen LogP contribution >= 0.6 is 0 Å². The van der Waals surface area contributed by atoms with Gasteiger partial charge in [0.1, 0.15) is 6.07 Å². The number of carbonyl (C=O) groups is 1. The van der Waals surface area contributed by atoms with Crippen LogP contribution in [0.3, 0.4) is 0 Å². The lowest BCUT2D eigenvalue weighted by Gasteiger charge is -2.08. The number of para-hydroxylation sites is 1. The summed E-state index contributed by atoms with van der Waals surface area (Å²) >= 11 is 0. The number of rotatable bonds is 5. The second-order valence-corrected chi connectivity index (χ2v) is 5.80. The molecule has 2 N–H and O–H groups in total. The fourth-order valence-corrected chi connectivity index (χ4v) is 2.37. The van der Waals surface area contributed by atoms with Gasteiger partial charge in [0.25, 0.3) is 0 Å². The van der Waals surface area contributed by atoms with Crippen LogP contribution in [-0.4, -0.2) is 16.1 Å². The minimum absolute atomic E-state index is 0.154. The average Bonchev–Trinajstić information content (AvgIpc) is 2.65. The molecule has 3 rings (SSSR count). The van der Waals surface area contributed by atoms with Crippen LogP contribution in [0.5, 0.6) is 0 Å². The topological polar surface area (TPSA) is 90.7 Å². The van der Waals surface area contributed by atoms with Gasteiger partial charge < -0.3 is 10.6 Å². The predicted molar refractivity (Wildman–Crippen MR) is 100.0 cm³/mol. The minimum atomic E-state index is -0.154. The molecular formula is C20H17N5O. The molecule has 0 bridgehead atoms. The molecule has 0 saturated carbocycles. The van der Waals surface area contributed by atoms with Crippen molar-refractivity contribution in [2.75, 3.05) is 10.6 Å². The Balaban J connectivity index is 1.61. The quantitative estimate of drug-likeness (QED) is 0.739. The lowest BCUT2D eigenvalue weighted by molar-refractivity contribution is -0.115. The standard InChI is InChI=1S/C20H17N5O/c1-14-6-8-15(9-7-14)12-20(26)23-19-11-10-18(24-25-19)22-17-5-3-2-4-16(17)13-21/h2-11H,12H2,1H3,(H,22,24)(H,23,25,26). The van der Waals surface area contributed by atoms with Crippen LogP contribution < -0.4 is 10.6 Å². The number of hydrogen-bond acceptors (Lipinski definition) is 5. The Morgan fingerprint density at radius 1 is 1.00 bits per heavy atom. The number of aryl methyl sites for hydroxylation is 1. The zero-order valence-electron chi connectivity index (χ0n) is 14.2. The van der Waals surface area contributed by atoms with E-state index in [4.69, 9.17) is 5.26 Å². The molecule has 0 atom stereocenters. The molecular weight excluding hydrogens is 326 g/mol. The largest absolute Gasteiger partial charge is 0.338 e. The molecule has 0 unspecified atom stereocenters. The van der Waals surface area contributed by atoms with Crippen molar-refractivity contribution in [1.82, 2.24) is 10.2 Å². The first kappa shape index (κ1) is 17.1. The van der Waals surface area contributed by atoms with E-state index in [1.165, 1.54) is 0 Å². The zero-order valence-corrected chi connectivity index (χ0v) is 14.2. The van der Waals surface area contributed by atoms with Gasteiger partial charge in [-0.05, 0) is 36.8 Å². The molecule has 26 heavy (non-hydrogen) atoms. The Labute approximate surface area is 151 Å². The van der Waals surface area contributed by atoms with Crippen LogP contribution in [0.15, 0.2) is 60.7 Å². The van der Waals surface area contributed by atoms with Gasteiger partial charge in [0, 0.05) is 0 Å². The van der Waals surface area contributed by atoms with E-state index >= 15 is 0 Å². The number of nitriles is 1. The molecule has 128 valence electrons. The molecule has 0 radical (unpaired) electrons. The van der Waals surface area contributed by atoms with Crippen molar-refractivity contribution in [3.05, 3.63) is 77.4 Å². The Morgan fingerprint density at radius 3 is 2.38 bits per heavy atom. The van der Waals surface area contributed by atoms with E-state index in [-0.39, 0.29) is 12.3 Å². The van der Waals surface area contributed by atoms with Crippen molar-refractivity contribution in [1.29, 1.82) is 5.26 Å². The highest BCUT2D eigenvalue weighted by Crippen LogP contribution is 2.18. The fraction of sp³-hybridized carbons (Fsp3) is 0.100. The number of carbonyl (C=O) groups excluding carboxylic acids is 1. The number of amides is 1. The summed E-state index contributed by atoms with van der Waals surface area (Å²) in [6.07, 6.45) is 0.275. The number of aromatic nitrogens is 2. The summed E-state index contributed by atoms with van der Waals surface area (Å²) in [6, 6.07) is 20.4. The van der Waals surface area contributed by atoms with Crippen LogP contribution in [0.4, 0.5) is 17.3 Å². The van der Waals surface area contributed by atoms with Gasteiger partial charge in [0.15, 0.2) is 11.6 Å². The number of anilines is 3. The van der Waals surface area contributed by atoms with Crippen LogP contribution in [0.1, 0.15) is 16.7 Å². The van der Waals surface area contributed by atoms with E-state index in [1.807, 2.05) is 37.3 Å². The normalized spacial score (nSPS) is 10.0. The van der Waals surface area contributed by atoms with E-state index in [9.17, 15) is 4.79 Å². The predicted octanol–water partition coefficient (Wildman–Crippen LogP) is 3.58. The van der Waals surface area contributed by atoms with E-state index < -0.39 is 0 Å². The Hall–Kier alpha value is -3.72. The first-order chi connectivity index (χ1) is 12.6. The highest BCUT2D eigenvalue weighted by Gasteiger charge is 2.07. The van der Waals surface area contributed by atoms with E-state index in [0.29, 0.717) is 22.9 Å². The van der Waals surface area contributed by atoms with Crippen LogP contribution in [0, 0.1) is 18.3 Å². The molecule has 6 heteroatoms. The Bertz CT molecular complexity index is 943. The summed E-state index contributed by atoms with van der Waals surface area (Å²) in [4.78, 5) is 12.1. The molecule has 0 aliphatic heterocycles. The summed E-state index contributed by atoms with van der Waals surface area (Å²) in [5, 5.41) is 22.9. The highest BCUT2D eigenvalue weighted by molar-refractivity contribution is 5.91. The van der Waals surface area contributed by atoms with Gasteiger partial charge in [-0.15, -0.1) is 10.2 Å². The molecule has 0 spiro atoms. The number of nitrogens with zero attached hydrogens (tertiary/aromatic N) is 3. The SMILES string of the molecule is Cc1ccc(CC(=O)Nc2ccc(Nc3ccccc3C#N)nn2)cc1. The third-order valence-corrected chi connectivity index (χ3v) is 3.73. The number of nitrogens with one attached hydrogen (secondary N) is 2. The maximum absolute atomic E-state index is 12.1. The van der Waals surface area contributed by atoms with Gasteiger partial charge in [0.05, 0.1) is 17.7 Å². The first-order valence-electron chi connectivity index (χ1n) is 8.09. The average molecular weight is 343 g/mol. The first-order valence-corrected chi connectivity index (χ1v) is 8.09. The van der Waals surface area contributed by atoms with E-state index in [0.717, 1.165) is 11.1 Å². The molecule has 2 aromatic carbocycles. The monoisotopic (exact) mass is 343 g/mol. The highest BCUT2D eigenvalue weighted by atomic mass is 16.1. The van der Waals surface area contributed by atoms with Gasteiger partial charge in [-0.1, -0.05) is 42.0 Å². The van der Waals surface area contributed by atoms with Gasteiger partial charge in [-0.25, -0.2) is 0 Å². The summed E-state index contributed by atoms with van der Waals surface area (Å²) in [7, 11) is 0. The Morgan fingerprint density at radius 2 is 1.69 bits per heavy atom. The fourth-order valence-electron chi connectivity index (χ4n) is 2.37. The molecule has 3 aromatic rings. The third-order valence-electron chi connectivity index (χ3n) is 3.73. The van der Waals surface area contributed by atoms with Crippen LogP contribution in [0.2, 0.25) is 0 Å². The summed E-state index contributed by atoms with van der Waals surface area (Å²) < 4.78 is 0. The molecule has 0 aliphatic rings. The molecule has 0 saturated heterocycles. The third kappa shape index (κ3) is 4.42. The Kier molecular flexibility index (Phi) is 5.20. The van der Waals surface area contributed by atoms with Gasteiger partial charge >= 0.3 is 0 Å². The maximum atomic E-state index is 12.1. The molecule has 6 nitrogen and oxygen atoms in total. The molecule has 0 aliphatic carbocycles. The number of hydrogen-bond donors (Lipinski definition) is 2. The second-order valence-electron chi connectivity index (χ2n) is 5.80.